The molecule has 0 amide bonds. The summed E-state index contributed by atoms with van der Waals surface area (Å²) < 4.78 is 5.53. The van der Waals surface area contributed by atoms with Gasteiger partial charge in [-0.05, 0) is 36.2 Å². The van der Waals surface area contributed by atoms with E-state index in [1.807, 2.05) is 30.3 Å². The zero-order valence-corrected chi connectivity index (χ0v) is 12.0. The predicted octanol–water partition coefficient (Wildman–Crippen LogP) is 3.84. The zero-order chi connectivity index (χ0) is 13.9. The van der Waals surface area contributed by atoms with Crippen molar-refractivity contribution in [3.05, 3.63) is 59.7 Å². The number of hydrogen-bond donors (Lipinski definition) is 1. The fourth-order valence-electron chi connectivity index (χ4n) is 2.10. The van der Waals surface area contributed by atoms with Crippen LogP contribution in [0, 0.1) is 6.92 Å². The van der Waals surface area contributed by atoms with Crippen molar-refractivity contribution in [2.24, 2.45) is 10.7 Å². The van der Waals surface area contributed by atoms with Gasteiger partial charge < -0.3 is 5.73 Å². The minimum absolute atomic E-state index is 0.588. The minimum Gasteiger partial charge on any atom is -0.387 e. The largest absolute Gasteiger partial charge is 0.387 e. The summed E-state index contributed by atoms with van der Waals surface area (Å²) in [6.07, 6.45) is 0.645. The fourth-order valence-corrected chi connectivity index (χ4v) is 2.80. The summed E-state index contributed by atoms with van der Waals surface area (Å²) in [7, 11) is 0. The maximum Gasteiger partial charge on any atom is 0.175 e. The molecule has 1 heterocycles. The standard InChI is InChI=1S/C16H15N3S/c1-11-7-8-14-13(9-11)16(19-20-14)18-15(17)10-12-5-3-2-4-6-12/h2-9H,10H2,1H3,(H2,17,18,19). The van der Waals surface area contributed by atoms with Crippen LogP contribution in [0.1, 0.15) is 11.1 Å². The molecule has 3 aromatic rings. The molecule has 0 radical (unpaired) electrons. The fraction of sp³-hybridized carbons (Fsp3) is 0.125. The first-order valence-corrected chi connectivity index (χ1v) is 7.23. The lowest BCUT2D eigenvalue weighted by molar-refractivity contribution is 1.26. The maximum absolute atomic E-state index is 6.04. The number of hydrogen-bond acceptors (Lipinski definition) is 3. The lowest BCUT2D eigenvalue weighted by Crippen LogP contribution is -2.14. The van der Waals surface area contributed by atoms with Gasteiger partial charge >= 0.3 is 0 Å². The third-order valence-electron chi connectivity index (χ3n) is 3.08. The number of rotatable bonds is 3. The molecule has 0 unspecified atom stereocenters. The highest BCUT2D eigenvalue weighted by Gasteiger charge is 2.06. The third kappa shape index (κ3) is 2.70. The summed E-state index contributed by atoms with van der Waals surface area (Å²) in [6.45, 7) is 2.07. The van der Waals surface area contributed by atoms with E-state index in [9.17, 15) is 0 Å². The highest BCUT2D eigenvalue weighted by atomic mass is 32.1. The molecule has 0 aliphatic rings. The van der Waals surface area contributed by atoms with Gasteiger partial charge in [-0.25, -0.2) is 4.99 Å². The number of amidine groups is 1. The highest BCUT2D eigenvalue weighted by molar-refractivity contribution is 7.13. The molecular weight excluding hydrogens is 266 g/mol. The van der Waals surface area contributed by atoms with E-state index in [0.29, 0.717) is 12.3 Å². The van der Waals surface area contributed by atoms with Gasteiger partial charge in [0.05, 0.1) is 4.70 Å². The Morgan fingerprint density at radius 3 is 2.80 bits per heavy atom. The van der Waals surface area contributed by atoms with Crippen molar-refractivity contribution >= 4 is 33.3 Å². The Hall–Kier alpha value is -2.20. The Morgan fingerprint density at radius 2 is 2.00 bits per heavy atom. The molecule has 0 atom stereocenters. The van der Waals surface area contributed by atoms with E-state index in [1.165, 1.54) is 17.1 Å². The van der Waals surface area contributed by atoms with Crippen molar-refractivity contribution in [2.45, 2.75) is 13.3 Å². The second kappa shape index (κ2) is 5.43. The van der Waals surface area contributed by atoms with E-state index in [1.54, 1.807) is 0 Å². The van der Waals surface area contributed by atoms with Crippen LogP contribution < -0.4 is 5.73 Å². The van der Waals surface area contributed by atoms with Crippen LogP contribution in [0.25, 0.3) is 10.1 Å². The zero-order valence-electron chi connectivity index (χ0n) is 11.2. The minimum atomic E-state index is 0.588. The number of aromatic nitrogens is 1. The number of benzene rings is 2. The van der Waals surface area contributed by atoms with E-state index in [0.717, 1.165) is 21.5 Å². The van der Waals surface area contributed by atoms with Gasteiger partial charge in [-0.3, -0.25) is 0 Å². The van der Waals surface area contributed by atoms with Gasteiger partial charge in [0.15, 0.2) is 5.82 Å². The third-order valence-corrected chi connectivity index (χ3v) is 3.90. The van der Waals surface area contributed by atoms with Gasteiger partial charge in [-0.2, -0.15) is 4.37 Å². The Labute approximate surface area is 122 Å². The van der Waals surface area contributed by atoms with Gasteiger partial charge in [0.2, 0.25) is 0 Å². The second-order valence-electron chi connectivity index (χ2n) is 4.77. The van der Waals surface area contributed by atoms with E-state index in [-0.39, 0.29) is 0 Å². The summed E-state index contributed by atoms with van der Waals surface area (Å²) in [5, 5.41) is 1.08. The smallest absolute Gasteiger partial charge is 0.175 e. The first-order chi connectivity index (χ1) is 9.72. The molecule has 3 nitrogen and oxygen atoms in total. The lowest BCUT2D eigenvalue weighted by Gasteiger charge is -2.00. The average Bonchev–Trinajstić information content (AvgIpc) is 2.82. The van der Waals surface area contributed by atoms with Crippen LogP contribution >= 0.6 is 11.5 Å². The molecule has 1 aromatic heterocycles. The Bertz CT molecular complexity index is 760. The molecular formula is C16H15N3S. The van der Waals surface area contributed by atoms with Crippen molar-refractivity contribution in [1.82, 2.24) is 4.37 Å². The van der Waals surface area contributed by atoms with Crippen molar-refractivity contribution in [1.29, 1.82) is 0 Å². The van der Waals surface area contributed by atoms with Crippen LogP contribution in [0.5, 0.6) is 0 Å². The Kier molecular flexibility index (Phi) is 3.48. The molecule has 0 saturated carbocycles. The summed E-state index contributed by atoms with van der Waals surface area (Å²) >= 11 is 1.46. The first kappa shape index (κ1) is 12.8. The lowest BCUT2D eigenvalue weighted by atomic mass is 10.1. The summed E-state index contributed by atoms with van der Waals surface area (Å²) in [5.74, 6) is 1.31. The van der Waals surface area contributed by atoms with Gasteiger partial charge in [0, 0.05) is 11.8 Å². The number of fused-ring (bicyclic) bond motifs is 1. The maximum atomic E-state index is 6.04. The summed E-state index contributed by atoms with van der Waals surface area (Å²) in [5.41, 5.74) is 8.40. The van der Waals surface area contributed by atoms with Crippen LogP contribution in [0.3, 0.4) is 0 Å². The summed E-state index contributed by atoms with van der Waals surface area (Å²) in [4.78, 5) is 4.48. The molecule has 2 aromatic carbocycles. The van der Waals surface area contributed by atoms with E-state index >= 15 is 0 Å². The van der Waals surface area contributed by atoms with Gasteiger partial charge in [0.1, 0.15) is 5.84 Å². The molecule has 4 heteroatoms. The molecule has 0 saturated heterocycles. The van der Waals surface area contributed by atoms with Crippen molar-refractivity contribution in [3.63, 3.8) is 0 Å². The number of aliphatic imine (C=N–C) groups is 1. The van der Waals surface area contributed by atoms with Gasteiger partial charge in [-0.1, -0.05) is 42.0 Å². The Morgan fingerprint density at radius 1 is 1.20 bits per heavy atom. The topological polar surface area (TPSA) is 51.3 Å². The number of aryl methyl sites for hydroxylation is 1. The Balaban J connectivity index is 1.91. The molecule has 0 bridgehead atoms. The predicted molar refractivity (Wildman–Crippen MR) is 85.8 cm³/mol. The van der Waals surface area contributed by atoms with E-state index in [4.69, 9.17) is 5.73 Å². The molecule has 0 fully saturated rings. The van der Waals surface area contributed by atoms with E-state index in [2.05, 4.69) is 34.5 Å². The van der Waals surface area contributed by atoms with Crippen molar-refractivity contribution in [3.8, 4) is 0 Å². The van der Waals surface area contributed by atoms with Gasteiger partial charge in [-0.15, -0.1) is 0 Å². The normalized spacial score (nSPS) is 11.9. The molecule has 0 aliphatic carbocycles. The number of nitrogens with two attached hydrogens (primary N) is 1. The second-order valence-corrected chi connectivity index (χ2v) is 5.58. The van der Waals surface area contributed by atoms with Crippen molar-refractivity contribution < 1.29 is 0 Å². The van der Waals surface area contributed by atoms with Crippen LogP contribution in [0.4, 0.5) is 5.82 Å². The molecule has 100 valence electrons. The molecule has 0 aliphatic heterocycles. The van der Waals surface area contributed by atoms with Crippen LogP contribution in [-0.2, 0) is 6.42 Å². The van der Waals surface area contributed by atoms with E-state index < -0.39 is 0 Å². The highest BCUT2D eigenvalue weighted by Crippen LogP contribution is 2.29. The summed E-state index contributed by atoms with van der Waals surface area (Å²) in [6, 6.07) is 16.4. The SMILES string of the molecule is Cc1ccc2snc(N=C(N)Cc3ccccc3)c2c1. The van der Waals surface area contributed by atoms with Crippen LogP contribution in [-0.4, -0.2) is 10.2 Å². The molecule has 0 spiro atoms. The quantitative estimate of drug-likeness (QED) is 0.586. The molecule has 2 N–H and O–H groups in total. The first-order valence-electron chi connectivity index (χ1n) is 6.45. The average molecular weight is 281 g/mol. The molecule has 20 heavy (non-hydrogen) atoms. The van der Waals surface area contributed by atoms with Crippen LogP contribution in [0.2, 0.25) is 0 Å². The molecule has 3 rings (SSSR count). The monoisotopic (exact) mass is 281 g/mol. The van der Waals surface area contributed by atoms with Crippen molar-refractivity contribution in [2.75, 3.05) is 0 Å². The number of nitrogens with zero attached hydrogens (tertiary/aromatic N) is 2. The van der Waals surface area contributed by atoms with Crippen LogP contribution in [0.15, 0.2) is 53.5 Å². The van der Waals surface area contributed by atoms with Gasteiger partial charge in [0.25, 0.3) is 0 Å².